The first-order valence-electron chi connectivity index (χ1n) is 7.47. The van der Waals surface area contributed by atoms with Gasteiger partial charge in [-0.3, -0.25) is 0 Å². The zero-order valence-electron chi connectivity index (χ0n) is 14.0. The van der Waals surface area contributed by atoms with Crippen LogP contribution in [0.3, 0.4) is 0 Å². The summed E-state index contributed by atoms with van der Waals surface area (Å²) in [6, 6.07) is 0. The van der Waals surface area contributed by atoms with E-state index < -0.39 is 0 Å². The number of aliphatic hydroxyl groups excluding tert-OH is 1. The highest BCUT2D eigenvalue weighted by molar-refractivity contribution is 7.09. The average Bonchev–Trinajstić information content (AvgIpc) is 2.79. The Morgan fingerprint density at radius 2 is 1.80 bits per heavy atom. The Morgan fingerprint density at radius 1 is 1.25 bits per heavy atom. The molecule has 0 amide bonds. The number of aliphatic hydroxyl groups is 1. The molecule has 116 valence electrons. The molecule has 0 aliphatic heterocycles. The molecule has 1 N–H and O–H groups in total. The third-order valence-corrected chi connectivity index (χ3v) is 5.29. The van der Waals surface area contributed by atoms with Gasteiger partial charge < -0.3 is 10.0 Å². The smallest absolute Gasteiger partial charge is 0.0955 e. The van der Waals surface area contributed by atoms with E-state index in [-0.39, 0.29) is 17.1 Å². The minimum Gasteiger partial charge on any atom is -0.391 e. The quantitative estimate of drug-likeness (QED) is 0.873. The van der Waals surface area contributed by atoms with E-state index in [1.54, 1.807) is 11.3 Å². The van der Waals surface area contributed by atoms with Crippen molar-refractivity contribution in [3.05, 3.63) is 16.1 Å². The first-order chi connectivity index (χ1) is 9.17. The molecule has 1 rings (SSSR count). The lowest BCUT2D eigenvalue weighted by Crippen LogP contribution is -2.53. The van der Waals surface area contributed by atoms with Gasteiger partial charge >= 0.3 is 0 Å². The summed E-state index contributed by atoms with van der Waals surface area (Å²) >= 11 is 1.66. The molecular formula is C16H30N2OS. The van der Waals surface area contributed by atoms with E-state index in [1.165, 1.54) is 0 Å². The van der Waals surface area contributed by atoms with Gasteiger partial charge in [-0.05, 0) is 26.9 Å². The van der Waals surface area contributed by atoms with E-state index in [2.05, 4.69) is 59.0 Å². The van der Waals surface area contributed by atoms with Gasteiger partial charge in [0.2, 0.25) is 0 Å². The molecule has 1 aromatic rings. The Hall–Kier alpha value is -0.450. The standard InChI is InChI=1S/C16H30N2OS/c1-8-16(9-2,18(6)7)13(19)10-14-17-12(11-20-14)15(3,4)5/h11,13,19H,8-10H2,1-7H3. The van der Waals surface area contributed by atoms with E-state index >= 15 is 0 Å². The maximum atomic E-state index is 10.7. The topological polar surface area (TPSA) is 36.4 Å². The molecule has 0 saturated heterocycles. The van der Waals surface area contributed by atoms with Gasteiger partial charge in [-0.25, -0.2) is 4.98 Å². The second-order valence-electron chi connectivity index (χ2n) is 6.80. The summed E-state index contributed by atoms with van der Waals surface area (Å²) in [5.41, 5.74) is 1.04. The van der Waals surface area contributed by atoms with Gasteiger partial charge in [-0.1, -0.05) is 34.6 Å². The maximum absolute atomic E-state index is 10.7. The van der Waals surface area contributed by atoms with Crippen molar-refractivity contribution < 1.29 is 5.11 Å². The van der Waals surface area contributed by atoms with Crippen molar-refractivity contribution in [2.75, 3.05) is 14.1 Å². The minimum absolute atomic E-state index is 0.0772. The first kappa shape index (κ1) is 17.6. The minimum atomic E-state index is -0.383. The number of nitrogens with zero attached hydrogens (tertiary/aromatic N) is 2. The summed E-state index contributed by atoms with van der Waals surface area (Å²) in [6.07, 6.45) is 2.14. The molecule has 20 heavy (non-hydrogen) atoms. The van der Waals surface area contributed by atoms with Gasteiger partial charge in [0.25, 0.3) is 0 Å². The van der Waals surface area contributed by atoms with Gasteiger partial charge in [0, 0.05) is 22.8 Å². The van der Waals surface area contributed by atoms with Crippen molar-refractivity contribution >= 4 is 11.3 Å². The lowest BCUT2D eigenvalue weighted by molar-refractivity contribution is -0.0126. The average molecular weight is 298 g/mol. The van der Waals surface area contributed by atoms with E-state index in [9.17, 15) is 5.11 Å². The van der Waals surface area contributed by atoms with Gasteiger partial charge in [0.05, 0.1) is 16.8 Å². The molecule has 0 aromatic carbocycles. The van der Waals surface area contributed by atoms with Gasteiger partial charge in [-0.2, -0.15) is 0 Å². The molecule has 0 aliphatic rings. The van der Waals surface area contributed by atoms with Crippen LogP contribution in [0.15, 0.2) is 5.38 Å². The molecule has 1 atom stereocenters. The maximum Gasteiger partial charge on any atom is 0.0955 e. The van der Waals surface area contributed by atoms with Crippen LogP contribution in [0.2, 0.25) is 0 Å². The molecule has 1 unspecified atom stereocenters. The monoisotopic (exact) mass is 298 g/mol. The fourth-order valence-electron chi connectivity index (χ4n) is 2.76. The highest BCUT2D eigenvalue weighted by Crippen LogP contribution is 2.30. The summed E-state index contributed by atoms with van der Waals surface area (Å²) in [4.78, 5) is 6.87. The molecule has 1 aromatic heterocycles. The number of hydrogen-bond acceptors (Lipinski definition) is 4. The highest BCUT2D eigenvalue weighted by Gasteiger charge is 2.37. The van der Waals surface area contributed by atoms with Crippen LogP contribution in [0.1, 0.15) is 58.2 Å². The van der Waals surface area contributed by atoms with Crippen LogP contribution in [-0.4, -0.2) is 40.7 Å². The van der Waals surface area contributed by atoms with Crippen LogP contribution >= 0.6 is 11.3 Å². The van der Waals surface area contributed by atoms with Crippen LogP contribution < -0.4 is 0 Å². The summed E-state index contributed by atoms with van der Waals surface area (Å²) in [7, 11) is 4.11. The third kappa shape index (κ3) is 3.60. The van der Waals surface area contributed by atoms with E-state index in [0.29, 0.717) is 6.42 Å². The molecule has 0 saturated carbocycles. The van der Waals surface area contributed by atoms with Crippen LogP contribution in [0.5, 0.6) is 0 Å². The van der Waals surface area contributed by atoms with Crippen molar-refractivity contribution in [2.24, 2.45) is 0 Å². The van der Waals surface area contributed by atoms with Gasteiger partial charge in [0.15, 0.2) is 0 Å². The van der Waals surface area contributed by atoms with Crippen molar-refractivity contribution in [1.29, 1.82) is 0 Å². The molecule has 0 spiro atoms. The van der Waals surface area contributed by atoms with Crippen LogP contribution in [0.4, 0.5) is 0 Å². The third-order valence-electron chi connectivity index (χ3n) is 4.42. The number of aromatic nitrogens is 1. The van der Waals surface area contributed by atoms with Crippen LogP contribution in [0.25, 0.3) is 0 Å². The van der Waals surface area contributed by atoms with E-state index in [1.807, 2.05) is 0 Å². The molecule has 4 heteroatoms. The molecular weight excluding hydrogens is 268 g/mol. The normalized spacial score (nSPS) is 14.8. The van der Waals surface area contributed by atoms with E-state index in [4.69, 9.17) is 4.98 Å². The Bertz CT molecular complexity index is 416. The van der Waals surface area contributed by atoms with Crippen molar-refractivity contribution in [1.82, 2.24) is 9.88 Å². The lowest BCUT2D eigenvalue weighted by atomic mass is 9.83. The second kappa shape index (κ2) is 6.54. The fraction of sp³-hybridized carbons (Fsp3) is 0.812. The van der Waals surface area contributed by atoms with Gasteiger partial charge in [-0.15, -0.1) is 11.3 Å². The number of hydrogen-bond donors (Lipinski definition) is 1. The highest BCUT2D eigenvalue weighted by atomic mass is 32.1. The zero-order valence-corrected chi connectivity index (χ0v) is 14.8. The van der Waals surface area contributed by atoms with Crippen molar-refractivity contribution in [2.45, 2.75) is 70.9 Å². The Balaban J connectivity index is 2.89. The number of likely N-dealkylation sites (N-methyl/N-ethyl adjacent to an activating group) is 1. The summed E-state index contributed by atoms with van der Waals surface area (Å²) < 4.78 is 0. The van der Waals surface area contributed by atoms with Crippen LogP contribution in [-0.2, 0) is 11.8 Å². The SMILES string of the molecule is CCC(CC)(C(O)Cc1nc(C(C)(C)C)cs1)N(C)C. The van der Waals surface area contributed by atoms with Crippen molar-refractivity contribution in [3.8, 4) is 0 Å². The number of rotatable bonds is 6. The fourth-order valence-corrected chi connectivity index (χ4v) is 3.82. The molecule has 1 heterocycles. The molecule has 0 fully saturated rings. The van der Waals surface area contributed by atoms with E-state index in [0.717, 1.165) is 23.5 Å². The molecule has 0 aliphatic carbocycles. The predicted molar refractivity (Wildman–Crippen MR) is 87.5 cm³/mol. The Labute approximate surface area is 128 Å². The van der Waals surface area contributed by atoms with Crippen molar-refractivity contribution in [3.63, 3.8) is 0 Å². The summed E-state index contributed by atoms with van der Waals surface area (Å²) in [6.45, 7) is 10.8. The first-order valence-corrected chi connectivity index (χ1v) is 8.35. The summed E-state index contributed by atoms with van der Waals surface area (Å²) in [5, 5.41) is 13.9. The largest absolute Gasteiger partial charge is 0.391 e. The predicted octanol–water partition coefficient (Wildman–Crippen LogP) is 3.46. The van der Waals surface area contributed by atoms with Gasteiger partial charge in [0.1, 0.15) is 0 Å². The molecule has 0 radical (unpaired) electrons. The lowest BCUT2D eigenvalue weighted by Gasteiger charge is -2.42. The molecule has 0 bridgehead atoms. The Kier molecular flexibility index (Phi) is 5.76. The Morgan fingerprint density at radius 3 is 2.15 bits per heavy atom. The summed E-state index contributed by atoms with van der Waals surface area (Å²) in [5.74, 6) is 0. The number of thiazole rings is 1. The second-order valence-corrected chi connectivity index (χ2v) is 7.74. The molecule has 3 nitrogen and oxygen atoms in total. The van der Waals surface area contributed by atoms with Crippen LogP contribution in [0, 0.1) is 0 Å². The zero-order chi connectivity index (χ0) is 15.6.